The summed E-state index contributed by atoms with van der Waals surface area (Å²) < 4.78 is 2.00. The molecule has 118 valence electrons. The summed E-state index contributed by atoms with van der Waals surface area (Å²) in [5, 5.41) is 7.61. The third-order valence-corrected chi connectivity index (χ3v) is 2.87. The molecule has 0 N–H and O–H groups in total. The van der Waals surface area contributed by atoms with E-state index in [0.29, 0.717) is 0 Å². The summed E-state index contributed by atoms with van der Waals surface area (Å²) in [6.07, 6.45) is 5.43. The number of aromatic nitrogens is 2. The van der Waals surface area contributed by atoms with Crippen LogP contribution in [0.2, 0.25) is 0 Å². The van der Waals surface area contributed by atoms with Gasteiger partial charge in [0.15, 0.2) is 0 Å². The minimum absolute atomic E-state index is 0.856. The molecule has 6 nitrogen and oxygen atoms in total. The Morgan fingerprint density at radius 1 is 1.00 bits per heavy atom. The first-order valence-electron chi connectivity index (χ1n) is 6.77. The largest absolute Gasteiger partial charge is 0.399 e. The first-order chi connectivity index (χ1) is 10.6. The van der Waals surface area contributed by atoms with E-state index in [0.717, 1.165) is 22.7 Å². The maximum atomic E-state index is 4.66. The molecule has 0 radical (unpaired) electrons. The fraction of sp³-hybridized carbons (Fsp3) is 0.312. The van der Waals surface area contributed by atoms with Gasteiger partial charge < -0.3 is 14.2 Å². The molecule has 2 aromatic heterocycles. The summed E-state index contributed by atoms with van der Waals surface area (Å²) in [5.41, 5.74) is 3.85. The fourth-order valence-corrected chi connectivity index (χ4v) is 1.80. The van der Waals surface area contributed by atoms with Gasteiger partial charge in [-0.2, -0.15) is 0 Å². The molecule has 0 spiro atoms. The highest BCUT2D eigenvalue weighted by molar-refractivity contribution is 5.98. The first-order valence-corrected chi connectivity index (χ1v) is 6.77. The number of oxime groups is 2. The highest BCUT2D eigenvalue weighted by Gasteiger charge is 1.99. The van der Waals surface area contributed by atoms with Gasteiger partial charge in [0.1, 0.15) is 19.9 Å². The van der Waals surface area contributed by atoms with Crippen molar-refractivity contribution >= 4 is 11.4 Å². The van der Waals surface area contributed by atoms with Crippen molar-refractivity contribution in [3.05, 3.63) is 54.1 Å². The normalized spacial score (nSPS) is 11.5. The van der Waals surface area contributed by atoms with Gasteiger partial charge >= 0.3 is 0 Å². The van der Waals surface area contributed by atoms with Gasteiger partial charge in [-0.25, -0.2) is 0 Å². The summed E-state index contributed by atoms with van der Waals surface area (Å²) in [6, 6.07) is 7.75. The van der Waals surface area contributed by atoms with Gasteiger partial charge in [0.05, 0.1) is 11.4 Å². The number of pyridine rings is 1. The maximum absolute atomic E-state index is 4.66. The predicted octanol–water partition coefficient (Wildman–Crippen LogP) is 2.85. The molecule has 2 heterocycles. The van der Waals surface area contributed by atoms with E-state index in [9.17, 15) is 0 Å². The summed E-state index contributed by atoms with van der Waals surface area (Å²) in [6.45, 7) is 3.80. The number of rotatable bonds is 4. The van der Waals surface area contributed by atoms with Crippen LogP contribution in [-0.2, 0) is 16.7 Å². The van der Waals surface area contributed by atoms with E-state index in [4.69, 9.17) is 0 Å². The standard InChI is InChI=1S/C8H12N2O.C8H10N2O/c1-7(9-11-3)8-5-4-6-10(8)2;1-7(10-11-2)8-3-5-9-6-4-8/h4-6H,1-3H3;3-6H,1-2H3. The van der Waals surface area contributed by atoms with Gasteiger partial charge in [-0.15, -0.1) is 0 Å². The molecule has 6 heteroatoms. The second kappa shape index (κ2) is 9.33. The molecule has 0 saturated heterocycles. The second-order valence-electron chi connectivity index (χ2n) is 4.46. The van der Waals surface area contributed by atoms with Gasteiger partial charge in [0.2, 0.25) is 0 Å². The molecule has 0 aliphatic heterocycles. The zero-order valence-corrected chi connectivity index (χ0v) is 13.6. The smallest absolute Gasteiger partial charge is 0.106 e. The van der Waals surface area contributed by atoms with Crippen molar-refractivity contribution in [2.45, 2.75) is 13.8 Å². The van der Waals surface area contributed by atoms with Crippen molar-refractivity contribution in [2.75, 3.05) is 14.2 Å². The Labute approximate surface area is 131 Å². The summed E-state index contributed by atoms with van der Waals surface area (Å²) in [7, 11) is 5.06. The Hall–Kier alpha value is -2.63. The number of nitrogens with zero attached hydrogens (tertiary/aromatic N) is 4. The van der Waals surface area contributed by atoms with Crippen LogP contribution in [0.15, 0.2) is 53.2 Å². The number of aryl methyl sites for hydroxylation is 1. The monoisotopic (exact) mass is 302 g/mol. The van der Waals surface area contributed by atoms with E-state index < -0.39 is 0 Å². The Kier molecular flexibility index (Phi) is 7.39. The lowest BCUT2D eigenvalue weighted by atomic mass is 10.2. The molecular formula is C16H22N4O2. The van der Waals surface area contributed by atoms with Gasteiger partial charge in [-0.3, -0.25) is 4.98 Å². The fourth-order valence-electron chi connectivity index (χ4n) is 1.80. The molecule has 0 unspecified atom stereocenters. The molecule has 0 bridgehead atoms. The third kappa shape index (κ3) is 5.40. The average molecular weight is 302 g/mol. The van der Waals surface area contributed by atoms with E-state index in [-0.39, 0.29) is 0 Å². The van der Waals surface area contributed by atoms with Crippen LogP contribution in [0.4, 0.5) is 0 Å². The van der Waals surface area contributed by atoms with Crippen molar-refractivity contribution in [3.8, 4) is 0 Å². The Morgan fingerprint density at radius 3 is 2.09 bits per heavy atom. The molecule has 0 aliphatic carbocycles. The molecule has 0 aromatic carbocycles. The van der Waals surface area contributed by atoms with E-state index in [1.807, 2.05) is 55.9 Å². The zero-order valence-electron chi connectivity index (χ0n) is 13.6. The molecule has 0 amide bonds. The third-order valence-electron chi connectivity index (χ3n) is 2.87. The van der Waals surface area contributed by atoms with E-state index in [1.54, 1.807) is 19.5 Å². The molecular weight excluding hydrogens is 280 g/mol. The molecule has 0 saturated carbocycles. The van der Waals surface area contributed by atoms with Gasteiger partial charge in [0, 0.05) is 31.2 Å². The minimum Gasteiger partial charge on any atom is -0.399 e. The van der Waals surface area contributed by atoms with E-state index in [1.165, 1.54) is 7.11 Å². The Morgan fingerprint density at radius 2 is 1.59 bits per heavy atom. The maximum Gasteiger partial charge on any atom is 0.106 e. The number of hydrogen-bond acceptors (Lipinski definition) is 5. The van der Waals surface area contributed by atoms with Crippen LogP contribution >= 0.6 is 0 Å². The Balaban J connectivity index is 0.000000220. The van der Waals surface area contributed by atoms with Crippen LogP contribution in [0.3, 0.4) is 0 Å². The SMILES string of the molecule is CON=C(C)c1cccn1C.CON=C(C)c1ccncc1. The van der Waals surface area contributed by atoms with E-state index in [2.05, 4.69) is 25.0 Å². The molecule has 2 aromatic rings. The molecule has 2 rings (SSSR count). The van der Waals surface area contributed by atoms with Crippen LogP contribution in [0.5, 0.6) is 0 Å². The van der Waals surface area contributed by atoms with Crippen LogP contribution in [0, 0.1) is 0 Å². The van der Waals surface area contributed by atoms with Crippen molar-refractivity contribution in [3.63, 3.8) is 0 Å². The van der Waals surface area contributed by atoms with Crippen molar-refractivity contribution < 1.29 is 9.68 Å². The van der Waals surface area contributed by atoms with Crippen LogP contribution in [0.1, 0.15) is 25.1 Å². The quantitative estimate of drug-likeness (QED) is 0.644. The topological polar surface area (TPSA) is 61.0 Å². The minimum atomic E-state index is 0.856. The predicted molar refractivity (Wildman–Crippen MR) is 88.1 cm³/mol. The van der Waals surface area contributed by atoms with Crippen molar-refractivity contribution in [1.29, 1.82) is 0 Å². The summed E-state index contributed by atoms with van der Waals surface area (Å²) in [4.78, 5) is 13.2. The van der Waals surface area contributed by atoms with Crippen molar-refractivity contribution in [1.82, 2.24) is 9.55 Å². The second-order valence-corrected chi connectivity index (χ2v) is 4.46. The summed E-state index contributed by atoms with van der Waals surface area (Å²) >= 11 is 0. The van der Waals surface area contributed by atoms with Gasteiger partial charge in [-0.05, 0) is 38.1 Å². The lowest BCUT2D eigenvalue weighted by Gasteiger charge is -2.00. The van der Waals surface area contributed by atoms with Gasteiger partial charge in [-0.1, -0.05) is 10.3 Å². The van der Waals surface area contributed by atoms with Gasteiger partial charge in [0.25, 0.3) is 0 Å². The number of hydrogen-bond donors (Lipinski definition) is 0. The van der Waals surface area contributed by atoms with Crippen LogP contribution in [0.25, 0.3) is 0 Å². The highest BCUT2D eigenvalue weighted by atomic mass is 16.6. The van der Waals surface area contributed by atoms with Crippen LogP contribution in [-0.4, -0.2) is 35.2 Å². The molecule has 0 fully saturated rings. The molecule has 0 atom stereocenters. The lowest BCUT2D eigenvalue weighted by molar-refractivity contribution is 0.213. The highest BCUT2D eigenvalue weighted by Crippen LogP contribution is 2.01. The van der Waals surface area contributed by atoms with Crippen molar-refractivity contribution in [2.24, 2.45) is 17.4 Å². The van der Waals surface area contributed by atoms with E-state index >= 15 is 0 Å². The Bertz CT molecular complexity index is 618. The van der Waals surface area contributed by atoms with Crippen LogP contribution < -0.4 is 0 Å². The lowest BCUT2D eigenvalue weighted by Crippen LogP contribution is -2.02. The average Bonchev–Trinajstić information content (AvgIpc) is 2.95. The first kappa shape index (κ1) is 17.4. The molecule has 0 aliphatic rings. The molecule has 22 heavy (non-hydrogen) atoms. The zero-order chi connectivity index (χ0) is 16.4. The summed E-state index contributed by atoms with van der Waals surface area (Å²) in [5.74, 6) is 0.